The van der Waals surface area contributed by atoms with Crippen LogP contribution in [0, 0.1) is 11.7 Å². The summed E-state index contributed by atoms with van der Waals surface area (Å²) in [6.45, 7) is 5.20. The maximum absolute atomic E-state index is 13.5. The van der Waals surface area contributed by atoms with Crippen LogP contribution in [0.2, 0.25) is 0 Å². The van der Waals surface area contributed by atoms with E-state index >= 15 is 0 Å². The molecule has 4 nitrogen and oxygen atoms in total. The van der Waals surface area contributed by atoms with Gasteiger partial charge in [0.15, 0.2) is 0 Å². The van der Waals surface area contributed by atoms with Crippen molar-refractivity contribution in [3.05, 3.63) is 41.7 Å². The molecule has 1 saturated carbocycles. The van der Waals surface area contributed by atoms with Gasteiger partial charge in [-0.05, 0) is 88.4 Å². The van der Waals surface area contributed by atoms with Crippen LogP contribution in [0.4, 0.5) is 10.1 Å². The molecule has 30 heavy (non-hydrogen) atoms. The molecule has 1 aliphatic heterocycles. The van der Waals surface area contributed by atoms with Gasteiger partial charge < -0.3 is 10.2 Å². The summed E-state index contributed by atoms with van der Waals surface area (Å²) in [5.41, 5.74) is 2.01. The molecule has 1 heterocycles. The molecule has 2 fully saturated rings. The minimum absolute atomic E-state index is 0.155. The first-order valence-corrected chi connectivity index (χ1v) is 11.9. The minimum Gasteiger partial charge on any atom is -0.369 e. The SMILES string of the molecule is O=C(NC1CCC(CCN2CCN(c3cccc(F)c3)CC2)CC1)C1=CCCCC1. The minimum atomic E-state index is -0.155. The summed E-state index contributed by atoms with van der Waals surface area (Å²) in [6.07, 6.45) is 12.5. The normalized spacial score (nSPS) is 25.6. The van der Waals surface area contributed by atoms with E-state index < -0.39 is 0 Å². The van der Waals surface area contributed by atoms with Gasteiger partial charge >= 0.3 is 0 Å². The molecule has 4 rings (SSSR count). The smallest absolute Gasteiger partial charge is 0.247 e. The molecule has 1 N–H and O–H groups in total. The van der Waals surface area contributed by atoms with Crippen LogP contribution in [-0.2, 0) is 4.79 Å². The second-order valence-electron chi connectivity index (χ2n) is 9.26. The molecule has 1 aromatic rings. The van der Waals surface area contributed by atoms with Crippen molar-refractivity contribution in [3.63, 3.8) is 0 Å². The van der Waals surface area contributed by atoms with Gasteiger partial charge in [-0.2, -0.15) is 0 Å². The number of benzene rings is 1. The van der Waals surface area contributed by atoms with Crippen molar-refractivity contribution in [2.75, 3.05) is 37.6 Å². The third kappa shape index (κ3) is 5.84. The highest BCUT2D eigenvalue weighted by Crippen LogP contribution is 2.28. The van der Waals surface area contributed by atoms with Gasteiger partial charge in [-0.1, -0.05) is 12.1 Å². The predicted octanol–water partition coefficient (Wildman–Crippen LogP) is 4.51. The third-order valence-electron chi connectivity index (χ3n) is 7.16. The number of hydrogen-bond acceptors (Lipinski definition) is 3. The topological polar surface area (TPSA) is 35.6 Å². The van der Waals surface area contributed by atoms with Crippen molar-refractivity contribution in [3.8, 4) is 0 Å². The molecule has 1 aromatic carbocycles. The molecule has 2 aliphatic carbocycles. The number of hydrogen-bond donors (Lipinski definition) is 1. The van der Waals surface area contributed by atoms with E-state index in [2.05, 4.69) is 21.2 Å². The number of rotatable bonds is 6. The van der Waals surface area contributed by atoms with Gasteiger partial charge in [0.1, 0.15) is 5.82 Å². The molecule has 1 saturated heterocycles. The first kappa shape index (κ1) is 21.4. The van der Waals surface area contributed by atoms with E-state index in [9.17, 15) is 9.18 Å². The summed E-state index contributed by atoms with van der Waals surface area (Å²) in [6, 6.07) is 7.31. The number of amides is 1. The Labute approximate surface area is 180 Å². The number of piperazine rings is 1. The fourth-order valence-corrected chi connectivity index (χ4v) is 5.19. The Hall–Kier alpha value is -1.88. The Bertz CT molecular complexity index is 734. The summed E-state index contributed by atoms with van der Waals surface area (Å²) in [7, 11) is 0. The Kier molecular flexibility index (Phi) is 7.42. The number of anilines is 1. The molecular weight excluding hydrogens is 377 g/mol. The van der Waals surface area contributed by atoms with Crippen LogP contribution < -0.4 is 10.2 Å². The zero-order chi connectivity index (χ0) is 20.8. The summed E-state index contributed by atoms with van der Waals surface area (Å²) < 4.78 is 13.5. The van der Waals surface area contributed by atoms with Crippen LogP contribution in [-0.4, -0.2) is 49.6 Å². The lowest BCUT2D eigenvalue weighted by molar-refractivity contribution is -0.118. The molecule has 5 heteroatoms. The molecule has 0 spiro atoms. The standard InChI is InChI=1S/C25H36FN3O/c26-22-7-4-8-24(19-22)29-17-15-28(16-18-29)14-13-20-9-11-23(12-10-20)27-25(30)21-5-2-1-3-6-21/h4-5,7-8,19-20,23H,1-3,6,9-18H2,(H,27,30). The van der Waals surface area contributed by atoms with E-state index in [1.54, 1.807) is 12.1 Å². The molecule has 0 unspecified atom stereocenters. The largest absolute Gasteiger partial charge is 0.369 e. The number of nitrogens with zero attached hydrogens (tertiary/aromatic N) is 2. The number of halogens is 1. The van der Waals surface area contributed by atoms with Crippen LogP contribution in [0.15, 0.2) is 35.9 Å². The lowest BCUT2D eigenvalue weighted by Gasteiger charge is -2.37. The van der Waals surface area contributed by atoms with Crippen molar-refractivity contribution in [1.82, 2.24) is 10.2 Å². The number of nitrogens with one attached hydrogen (secondary N) is 1. The second-order valence-corrected chi connectivity index (χ2v) is 9.26. The number of carbonyl (C=O) groups is 1. The van der Waals surface area contributed by atoms with Gasteiger partial charge in [-0.15, -0.1) is 0 Å². The molecule has 0 bridgehead atoms. The van der Waals surface area contributed by atoms with Crippen molar-refractivity contribution < 1.29 is 9.18 Å². The summed E-state index contributed by atoms with van der Waals surface area (Å²) >= 11 is 0. The monoisotopic (exact) mass is 413 g/mol. The molecule has 164 valence electrons. The van der Waals surface area contributed by atoms with Gasteiger partial charge in [-0.3, -0.25) is 9.69 Å². The first-order valence-electron chi connectivity index (χ1n) is 11.9. The van der Waals surface area contributed by atoms with E-state index in [0.717, 1.165) is 82.0 Å². The quantitative estimate of drug-likeness (QED) is 0.745. The highest BCUT2D eigenvalue weighted by molar-refractivity contribution is 5.93. The maximum atomic E-state index is 13.5. The van der Waals surface area contributed by atoms with Gasteiger partial charge in [0, 0.05) is 43.5 Å². The van der Waals surface area contributed by atoms with Gasteiger partial charge in [0.25, 0.3) is 0 Å². The Morgan fingerprint density at radius 2 is 1.87 bits per heavy atom. The van der Waals surface area contributed by atoms with E-state index in [1.165, 1.54) is 31.7 Å². The maximum Gasteiger partial charge on any atom is 0.247 e. The fourth-order valence-electron chi connectivity index (χ4n) is 5.19. The van der Waals surface area contributed by atoms with Crippen LogP contribution in [0.3, 0.4) is 0 Å². The highest BCUT2D eigenvalue weighted by Gasteiger charge is 2.25. The molecule has 0 aromatic heterocycles. The molecule has 3 aliphatic rings. The van der Waals surface area contributed by atoms with E-state index in [4.69, 9.17) is 0 Å². The van der Waals surface area contributed by atoms with Gasteiger partial charge in [0.2, 0.25) is 5.91 Å². The molecular formula is C25H36FN3O. The average Bonchev–Trinajstić information content (AvgIpc) is 2.79. The lowest BCUT2D eigenvalue weighted by atomic mass is 9.83. The van der Waals surface area contributed by atoms with Crippen molar-refractivity contribution in [2.24, 2.45) is 5.92 Å². The predicted molar refractivity (Wildman–Crippen MR) is 120 cm³/mol. The van der Waals surface area contributed by atoms with Crippen molar-refractivity contribution >= 4 is 11.6 Å². The zero-order valence-electron chi connectivity index (χ0n) is 18.1. The Morgan fingerprint density at radius 3 is 2.57 bits per heavy atom. The molecule has 0 radical (unpaired) electrons. The second kappa shape index (κ2) is 10.4. The first-order chi connectivity index (χ1) is 14.7. The Balaban J connectivity index is 1.13. The lowest BCUT2D eigenvalue weighted by Crippen LogP contribution is -2.47. The summed E-state index contributed by atoms with van der Waals surface area (Å²) in [5.74, 6) is 0.819. The molecule has 1 amide bonds. The van der Waals surface area contributed by atoms with Gasteiger partial charge in [-0.25, -0.2) is 4.39 Å². The van der Waals surface area contributed by atoms with Crippen molar-refractivity contribution in [2.45, 2.75) is 63.8 Å². The van der Waals surface area contributed by atoms with Crippen molar-refractivity contribution in [1.29, 1.82) is 0 Å². The van der Waals surface area contributed by atoms with Crippen LogP contribution in [0.5, 0.6) is 0 Å². The van der Waals surface area contributed by atoms with Crippen LogP contribution >= 0.6 is 0 Å². The number of carbonyl (C=O) groups excluding carboxylic acids is 1. The Morgan fingerprint density at radius 1 is 1.07 bits per heavy atom. The highest BCUT2D eigenvalue weighted by atomic mass is 19.1. The summed E-state index contributed by atoms with van der Waals surface area (Å²) in [5, 5.41) is 3.29. The molecule has 0 atom stereocenters. The van der Waals surface area contributed by atoms with Crippen LogP contribution in [0.25, 0.3) is 0 Å². The van der Waals surface area contributed by atoms with Gasteiger partial charge in [0.05, 0.1) is 0 Å². The zero-order valence-corrected chi connectivity index (χ0v) is 18.1. The van der Waals surface area contributed by atoms with Crippen LogP contribution in [0.1, 0.15) is 57.8 Å². The number of allylic oxidation sites excluding steroid dienone is 1. The van der Waals surface area contributed by atoms with E-state index in [1.807, 2.05) is 6.07 Å². The summed E-state index contributed by atoms with van der Waals surface area (Å²) in [4.78, 5) is 17.3. The average molecular weight is 414 g/mol. The van der Waals surface area contributed by atoms with E-state index in [-0.39, 0.29) is 11.7 Å². The third-order valence-corrected chi connectivity index (χ3v) is 7.16. The fraction of sp³-hybridized carbons (Fsp3) is 0.640. The van der Waals surface area contributed by atoms with E-state index in [0.29, 0.717) is 6.04 Å².